The number of likely N-dealkylation sites (N-methyl/N-ethyl adjacent to an activating group) is 4. The van der Waals surface area contributed by atoms with Gasteiger partial charge in [-0.25, -0.2) is 0 Å². The second kappa shape index (κ2) is 73.4. The van der Waals surface area contributed by atoms with E-state index in [9.17, 15) is 157 Å². The van der Waals surface area contributed by atoms with Crippen molar-refractivity contribution in [3.63, 3.8) is 0 Å². The first kappa shape index (κ1) is 135. The number of carbonyl (C=O) groups is 20. The molecule has 796 valence electrons. The first-order chi connectivity index (χ1) is 64.6. The molecule has 0 atom stereocenters. The van der Waals surface area contributed by atoms with Crippen LogP contribution in [0.1, 0.15) is 12.8 Å². The molecule has 4 radical (unpaired) electrons. The van der Waals surface area contributed by atoms with Crippen LogP contribution in [0.2, 0.25) is 0 Å². The van der Waals surface area contributed by atoms with E-state index < -0.39 is 288 Å². The Kier molecular flexibility index (Phi) is 70.4. The fraction of sp³-hybridized carbons (Fsp3) is 0.756. The Morgan fingerprint density at radius 3 is 0.482 bits per heavy atom. The van der Waals surface area contributed by atoms with E-state index in [4.69, 9.17) is 0 Å². The van der Waals surface area contributed by atoms with Crippen LogP contribution in [0.15, 0.2) is 0 Å². The van der Waals surface area contributed by atoms with E-state index in [1.54, 1.807) is 19.6 Å². The number of carboxylic acids is 12. The van der Waals surface area contributed by atoms with Gasteiger partial charge in [-0.1, -0.05) is 0 Å². The van der Waals surface area contributed by atoms with Crippen LogP contribution in [0.4, 0.5) is 0 Å². The third-order valence-corrected chi connectivity index (χ3v) is 23.6. The van der Waals surface area contributed by atoms with Gasteiger partial charge in [-0.05, 0) is 6.42 Å². The average molecular weight is 2580 g/mol. The maximum absolute atomic E-state index is 14.7. The zero-order valence-electron chi connectivity index (χ0n) is 80.0. The average Bonchev–Trinajstić information content (AvgIpc) is 0.842. The van der Waals surface area contributed by atoms with Crippen LogP contribution >= 0.6 is 0 Å². The molecule has 141 heavy (non-hydrogen) atoms. The molecule has 4 fully saturated rings. The van der Waals surface area contributed by atoms with Gasteiger partial charge < -0.3 is 126 Å². The minimum Gasteiger partial charge on any atom is -0.549 e. The number of ketones is 1. The fourth-order valence-electron chi connectivity index (χ4n) is 15.6. The topological polar surface area (TPSA) is 702 Å². The first-order valence-corrected chi connectivity index (χ1v) is 44.9. The summed E-state index contributed by atoms with van der Waals surface area (Å²) in [5.41, 5.74) is -1.78. The van der Waals surface area contributed by atoms with Crippen LogP contribution in [-0.2, 0) is 95.9 Å². The van der Waals surface area contributed by atoms with Crippen LogP contribution in [-0.4, -0.2) is 636 Å². The molecule has 59 heteroatoms. The number of amides is 7. The maximum atomic E-state index is 14.7. The number of aliphatic carboxylic acids is 12. The summed E-state index contributed by atoms with van der Waals surface area (Å²) >= 11 is 0. The molecule has 4 saturated heterocycles. The van der Waals surface area contributed by atoms with Gasteiger partial charge in [-0.3, -0.25) is 146 Å². The van der Waals surface area contributed by atoms with Crippen LogP contribution < -0.4 is 46.6 Å². The van der Waals surface area contributed by atoms with Gasteiger partial charge >= 0.3 is 196 Å². The van der Waals surface area contributed by atoms with Gasteiger partial charge in [0.05, 0.1) is 127 Å². The summed E-state index contributed by atoms with van der Waals surface area (Å²) < 4.78 is 0. The van der Waals surface area contributed by atoms with E-state index in [1.807, 2.05) is 0 Å². The molecule has 0 aliphatic carbocycles. The van der Waals surface area contributed by atoms with E-state index in [0.29, 0.717) is 0 Å². The van der Waals surface area contributed by atoms with E-state index >= 15 is 0 Å². The Labute approximate surface area is 946 Å². The summed E-state index contributed by atoms with van der Waals surface area (Å²) in [6.45, 7) is -12.7. The van der Waals surface area contributed by atoms with Gasteiger partial charge in [0.25, 0.3) is 0 Å². The number of nitrogens with zero attached hydrogens (tertiary/aromatic N) is 20. The molecule has 4 aliphatic heterocycles. The molecular formula is C82H135Gd4N23O32+6. The van der Waals surface area contributed by atoms with Crippen molar-refractivity contribution in [2.24, 2.45) is 5.41 Å². The molecule has 0 aromatic carbocycles. The zero-order valence-corrected chi connectivity index (χ0v) is 89.0. The Bertz CT molecular complexity index is 3420. The zero-order chi connectivity index (χ0) is 102. The summed E-state index contributed by atoms with van der Waals surface area (Å²) in [7, 11) is 5.07. The number of carbonyl (C=O) groups excluding carboxylic acids is 14. The molecule has 0 aromatic rings. The quantitative estimate of drug-likeness (QED) is 0.0273. The number of hydrogen-bond acceptors (Lipinski definition) is 42. The van der Waals surface area contributed by atoms with E-state index in [1.165, 1.54) is 87.0 Å². The third kappa shape index (κ3) is 62.2. The fourth-order valence-corrected chi connectivity index (χ4v) is 15.6. The smallest absolute Gasteiger partial charge is 0.549 e. The Morgan fingerprint density at radius 2 is 0.348 bits per heavy atom. The van der Waals surface area contributed by atoms with Crippen molar-refractivity contribution in [2.45, 2.75) is 12.8 Å². The van der Waals surface area contributed by atoms with Gasteiger partial charge in [0.15, 0.2) is 5.78 Å². The summed E-state index contributed by atoms with van der Waals surface area (Å²) in [6.07, 6.45) is -0.969. The monoisotopic (exact) mass is 2590 g/mol. The largest absolute Gasteiger partial charge is 3.00 e. The molecule has 55 nitrogen and oxygen atoms in total. The second-order valence-electron chi connectivity index (χ2n) is 34.9. The predicted molar refractivity (Wildman–Crippen MR) is 465 cm³/mol. The summed E-state index contributed by atoms with van der Waals surface area (Å²) in [6, 6.07) is 0. The van der Waals surface area contributed by atoms with Crippen molar-refractivity contribution in [1.82, 2.24) is 114 Å². The number of hydrogen-bond donors (Lipinski definition) is 9. The Morgan fingerprint density at radius 1 is 0.220 bits per heavy atom. The van der Waals surface area contributed by atoms with Crippen molar-refractivity contribution >= 4 is 119 Å². The van der Waals surface area contributed by atoms with E-state index in [2.05, 4.69) is 16.0 Å². The predicted octanol–water partition coefficient (Wildman–Crippen LogP) is -20.6. The maximum Gasteiger partial charge on any atom is 3.00 e. The Hall–Kier alpha value is -5.74. The van der Waals surface area contributed by atoms with Gasteiger partial charge in [-0.15, -0.1) is 0 Å². The molecule has 7 amide bonds. The number of nitrogens with one attached hydrogen (secondary N) is 3. The van der Waals surface area contributed by atoms with Crippen LogP contribution in [0.3, 0.4) is 0 Å². The molecule has 4 rings (SSSR count). The summed E-state index contributed by atoms with van der Waals surface area (Å²) in [5.74, 6) is -22.2. The molecule has 0 bridgehead atoms. The standard InChI is InChI=1S/C82H141N23O32.4Gd/c1-86(66(110)43-90-7-15-94(47-70(114)115)23-31-102(55-78(130)131)32-24-95(16-8-90)48-71(116)117)39-62(106)5-6-82(59-83-63(107)40-87(2)67(111)44-91-9-17-96(49-72(118)119)25-33-103(56-79(132)133)34-26-97(18-10-91)50-73(120)121,60-84-64(108)41-88(3)68(112)45-92-11-19-98(51-74(122)123)27-35-104(57-80(134)135)36-28-99(20-12-92)52-75(124)125)61-85-65(109)42-89(4)69(113)46-93-13-21-100(53-76(126)127)29-37-105(58-81(136)137)38-30-101(22-14-93)54-77(128)129;;;;/h5-61H2,1-4H3,(H,83,107)(H,84,108)(H,85,109)(H,114,115)(H,116,117)(H,118,119)(H,120,121)(H,122,123)(H,124,125)(H,126,127)(H,128,129)(H,130,131)(H,132,133)(H,134,135)(H,136,137);;;;/q;4*+3/p-6. The molecule has 0 saturated carbocycles. The van der Waals surface area contributed by atoms with Gasteiger partial charge in [0.2, 0.25) is 41.4 Å². The molecule has 0 aromatic heterocycles. The van der Waals surface area contributed by atoms with Crippen molar-refractivity contribution in [2.75, 3.05) is 388 Å². The van der Waals surface area contributed by atoms with Gasteiger partial charge in [0, 0.05) is 308 Å². The molecule has 0 unspecified atom stereocenters. The van der Waals surface area contributed by atoms with Crippen LogP contribution in [0.25, 0.3) is 0 Å². The minimum atomic E-state index is -1.78. The van der Waals surface area contributed by atoms with E-state index in [-0.39, 0.29) is 369 Å². The number of Topliss-reactive ketones (excluding diaryl/α,β-unsaturated/α-hetero) is 1. The van der Waals surface area contributed by atoms with E-state index in [0.717, 1.165) is 19.6 Å². The van der Waals surface area contributed by atoms with Crippen molar-refractivity contribution in [1.29, 1.82) is 0 Å². The van der Waals surface area contributed by atoms with Crippen LogP contribution in [0.5, 0.6) is 0 Å². The minimum absolute atomic E-state index is 0. The van der Waals surface area contributed by atoms with Crippen LogP contribution in [0, 0.1) is 165 Å². The number of carboxylic acid groups (broad SMARTS) is 12. The second-order valence-corrected chi connectivity index (χ2v) is 34.9. The molecule has 4 heterocycles. The SMILES string of the molecule is CN(CC(=O)CCC(CNC(=O)CN(C)C(=O)CN1CCN(CC(=O)[O-])CCN(CC(=O)[O-])CCN(CC(=O)O)CC1)(CNC(=O)CN(C)C(=O)CN1CCN(CC(=O)[O-])CCN(CC(=O)[O-])CCN(CC(=O)O)CC1)CNC(=O)CN(C)C(=O)CN1CCN(CC(=O)[O-])CCN(CC(=O)O)CCN(CC(=O)O)CC1)C(=O)CN1CCN(CC(=O)[O-])CCN(CC(=O)O)CCN(CC(=O)O)CC1.[Gd+3].[Gd+3].[Gd+3].[Gd+3]. The molecular weight excluding hydrogens is 2450 g/mol. The molecule has 9 N–H and O–H groups in total. The summed E-state index contributed by atoms with van der Waals surface area (Å²) in [4.78, 5) is 288. The van der Waals surface area contributed by atoms with Gasteiger partial charge in [0.1, 0.15) is 0 Å². The van der Waals surface area contributed by atoms with Crippen molar-refractivity contribution in [3.8, 4) is 0 Å². The number of rotatable bonds is 49. The third-order valence-electron chi connectivity index (χ3n) is 23.6. The Balaban J connectivity index is 0.0000490. The first-order valence-electron chi connectivity index (χ1n) is 44.9. The van der Waals surface area contributed by atoms with Crippen molar-refractivity contribution < 1.29 is 317 Å². The molecule has 4 aliphatic rings. The normalized spacial score (nSPS) is 17.8. The summed E-state index contributed by atoms with van der Waals surface area (Å²) in [5, 5.41) is 138. The van der Waals surface area contributed by atoms with Crippen molar-refractivity contribution in [3.05, 3.63) is 0 Å². The molecule has 0 spiro atoms. The van der Waals surface area contributed by atoms with Gasteiger partial charge in [-0.2, -0.15) is 0 Å².